The topological polar surface area (TPSA) is 62.5 Å². The average molecular weight is 203 g/mol. The Bertz CT molecular complexity index is 159. The summed E-state index contributed by atoms with van der Waals surface area (Å²) in [5, 5.41) is 16.3. The fourth-order valence-electron chi connectivity index (χ4n) is 1.06. The van der Waals surface area contributed by atoms with E-state index in [4.69, 9.17) is 20.0 Å². The molecule has 0 amide bonds. The Morgan fingerprint density at radius 3 is 2.50 bits per heavy atom. The van der Waals surface area contributed by atoms with Crippen molar-refractivity contribution in [1.82, 2.24) is 0 Å². The zero-order chi connectivity index (χ0) is 11.0. The molecular weight excluding hydrogens is 182 g/mol. The van der Waals surface area contributed by atoms with Gasteiger partial charge in [0.1, 0.15) is 6.61 Å². The maximum absolute atomic E-state index is 9.06. The smallest absolute Gasteiger partial charge is 0.180 e. The van der Waals surface area contributed by atoms with Crippen molar-refractivity contribution >= 4 is 5.90 Å². The van der Waals surface area contributed by atoms with Crippen LogP contribution in [0, 0.1) is 5.41 Å². The summed E-state index contributed by atoms with van der Waals surface area (Å²) < 4.78 is 10.4. The number of hydrogen-bond acceptors (Lipinski definition) is 4. The molecule has 4 nitrogen and oxygen atoms in total. The van der Waals surface area contributed by atoms with E-state index in [2.05, 4.69) is 0 Å². The number of hydrogen-bond donors (Lipinski definition) is 2. The minimum Gasteiger partial charge on any atom is -0.479 e. The molecule has 84 valence electrons. The molecule has 14 heavy (non-hydrogen) atoms. The highest BCUT2D eigenvalue weighted by atomic mass is 16.5. The van der Waals surface area contributed by atoms with E-state index in [9.17, 15) is 0 Å². The fraction of sp³-hybridized carbons (Fsp3) is 0.900. The van der Waals surface area contributed by atoms with E-state index in [0.29, 0.717) is 26.1 Å². The normalized spacial score (nSPS) is 14.9. The molecule has 0 aromatic heterocycles. The van der Waals surface area contributed by atoms with Crippen LogP contribution in [0.2, 0.25) is 0 Å². The Morgan fingerprint density at radius 2 is 2.00 bits per heavy atom. The third-order valence-corrected chi connectivity index (χ3v) is 1.76. The maximum atomic E-state index is 9.06. The van der Waals surface area contributed by atoms with Gasteiger partial charge >= 0.3 is 0 Å². The van der Waals surface area contributed by atoms with Crippen LogP contribution < -0.4 is 0 Å². The van der Waals surface area contributed by atoms with Gasteiger partial charge in [0.05, 0.1) is 18.8 Å². The largest absolute Gasteiger partial charge is 0.479 e. The number of ether oxygens (including phenoxy) is 2. The third-order valence-electron chi connectivity index (χ3n) is 1.76. The molecule has 2 unspecified atom stereocenters. The first-order valence-electron chi connectivity index (χ1n) is 5.06. The predicted octanol–water partition coefficient (Wildman–Crippen LogP) is 1.57. The Hall–Kier alpha value is -0.610. The van der Waals surface area contributed by atoms with Crippen LogP contribution in [0.5, 0.6) is 0 Å². The molecule has 0 saturated heterocycles. The Morgan fingerprint density at radius 1 is 1.36 bits per heavy atom. The first kappa shape index (κ1) is 13.4. The van der Waals surface area contributed by atoms with E-state index in [1.54, 1.807) is 6.92 Å². The molecule has 0 saturated carbocycles. The SMILES string of the molecule is CCC(=N)OCCOC(C)CC(C)O. The highest BCUT2D eigenvalue weighted by Gasteiger charge is 2.05. The highest BCUT2D eigenvalue weighted by molar-refractivity contribution is 5.71. The van der Waals surface area contributed by atoms with Crippen LogP contribution in [0.4, 0.5) is 0 Å². The summed E-state index contributed by atoms with van der Waals surface area (Å²) >= 11 is 0. The second-order valence-corrected chi connectivity index (χ2v) is 3.39. The lowest BCUT2D eigenvalue weighted by Crippen LogP contribution is -2.18. The Labute approximate surface area is 85.7 Å². The van der Waals surface area contributed by atoms with E-state index in [-0.39, 0.29) is 18.1 Å². The van der Waals surface area contributed by atoms with E-state index in [1.807, 2.05) is 13.8 Å². The molecule has 0 rings (SSSR count). The van der Waals surface area contributed by atoms with Gasteiger partial charge in [-0.3, -0.25) is 5.41 Å². The van der Waals surface area contributed by atoms with Gasteiger partial charge in [-0.25, -0.2) is 0 Å². The molecule has 0 aliphatic heterocycles. The standard InChI is InChI=1S/C10H21NO3/c1-4-10(11)14-6-5-13-9(3)7-8(2)12/h8-9,11-12H,4-7H2,1-3H3. The summed E-state index contributed by atoms with van der Waals surface area (Å²) in [4.78, 5) is 0. The number of aliphatic hydroxyl groups is 1. The third kappa shape index (κ3) is 8.01. The van der Waals surface area contributed by atoms with Gasteiger partial charge in [-0.15, -0.1) is 0 Å². The molecule has 2 N–H and O–H groups in total. The van der Waals surface area contributed by atoms with Crippen LogP contribution >= 0.6 is 0 Å². The van der Waals surface area contributed by atoms with Gasteiger partial charge < -0.3 is 14.6 Å². The zero-order valence-electron chi connectivity index (χ0n) is 9.25. The Kier molecular flexibility index (Phi) is 7.42. The molecule has 0 bridgehead atoms. The van der Waals surface area contributed by atoms with Crippen molar-refractivity contribution in [3.05, 3.63) is 0 Å². The van der Waals surface area contributed by atoms with Crippen LogP contribution in [0.1, 0.15) is 33.6 Å². The number of aliphatic hydroxyl groups excluding tert-OH is 1. The monoisotopic (exact) mass is 203 g/mol. The van der Waals surface area contributed by atoms with Gasteiger partial charge in [0.15, 0.2) is 5.90 Å². The maximum Gasteiger partial charge on any atom is 0.180 e. The average Bonchev–Trinajstić information content (AvgIpc) is 2.10. The number of nitrogens with one attached hydrogen (secondary N) is 1. The number of rotatable bonds is 7. The summed E-state index contributed by atoms with van der Waals surface area (Å²) in [5.74, 6) is 0.289. The molecule has 2 atom stereocenters. The van der Waals surface area contributed by atoms with Gasteiger partial charge in [0.25, 0.3) is 0 Å². The van der Waals surface area contributed by atoms with E-state index >= 15 is 0 Å². The van der Waals surface area contributed by atoms with Crippen molar-refractivity contribution < 1.29 is 14.6 Å². The fourth-order valence-corrected chi connectivity index (χ4v) is 1.06. The molecule has 0 heterocycles. The summed E-state index contributed by atoms with van der Waals surface area (Å²) in [7, 11) is 0. The first-order valence-corrected chi connectivity index (χ1v) is 5.06. The van der Waals surface area contributed by atoms with Crippen LogP contribution in [-0.2, 0) is 9.47 Å². The molecule has 0 aliphatic carbocycles. The van der Waals surface area contributed by atoms with Crippen molar-refractivity contribution in [2.24, 2.45) is 0 Å². The predicted molar refractivity (Wildman–Crippen MR) is 55.7 cm³/mol. The highest BCUT2D eigenvalue weighted by Crippen LogP contribution is 2.01. The summed E-state index contributed by atoms with van der Waals surface area (Å²) in [6.45, 7) is 6.41. The zero-order valence-corrected chi connectivity index (χ0v) is 9.25. The van der Waals surface area contributed by atoms with Crippen molar-refractivity contribution in [2.75, 3.05) is 13.2 Å². The van der Waals surface area contributed by atoms with E-state index in [1.165, 1.54) is 0 Å². The van der Waals surface area contributed by atoms with E-state index in [0.717, 1.165) is 0 Å². The van der Waals surface area contributed by atoms with Crippen molar-refractivity contribution in [1.29, 1.82) is 5.41 Å². The van der Waals surface area contributed by atoms with Gasteiger partial charge in [-0.1, -0.05) is 6.92 Å². The molecule has 4 heteroatoms. The van der Waals surface area contributed by atoms with Crippen molar-refractivity contribution in [3.8, 4) is 0 Å². The first-order chi connectivity index (χ1) is 6.56. The van der Waals surface area contributed by atoms with Gasteiger partial charge in [-0.2, -0.15) is 0 Å². The molecule has 0 aromatic carbocycles. The molecule has 0 aromatic rings. The second-order valence-electron chi connectivity index (χ2n) is 3.39. The van der Waals surface area contributed by atoms with Gasteiger partial charge in [0, 0.05) is 6.42 Å². The lowest BCUT2D eigenvalue weighted by Gasteiger charge is -2.14. The molecule has 0 aliphatic rings. The van der Waals surface area contributed by atoms with Crippen molar-refractivity contribution in [2.45, 2.75) is 45.8 Å². The van der Waals surface area contributed by atoms with Gasteiger partial charge in [0.2, 0.25) is 0 Å². The Balaban J connectivity index is 3.31. The van der Waals surface area contributed by atoms with Gasteiger partial charge in [-0.05, 0) is 20.3 Å². The van der Waals surface area contributed by atoms with E-state index < -0.39 is 0 Å². The summed E-state index contributed by atoms with van der Waals surface area (Å²) in [6.07, 6.45) is 0.948. The van der Waals surface area contributed by atoms with Crippen LogP contribution in [0.3, 0.4) is 0 Å². The van der Waals surface area contributed by atoms with Crippen LogP contribution in [0.25, 0.3) is 0 Å². The molecular formula is C10H21NO3. The molecule has 0 radical (unpaired) electrons. The summed E-state index contributed by atoms with van der Waals surface area (Å²) in [5.41, 5.74) is 0. The van der Waals surface area contributed by atoms with Crippen LogP contribution in [0.15, 0.2) is 0 Å². The lowest BCUT2D eigenvalue weighted by molar-refractivity contribution is 0.0132. The molecule has 0 spiro atoms. The lowest BCUT2D eigenvalue weighted by atomic mass is 10.2. The molecule has 0 fully saturated rings. The van der Waals surface area contributed by atoms with Crippen molar-refractivity contribution in [3.63, 3.8) is 0 Å². The van der Waals surface area contributed by atoms with Crippen LogP contribution in [-0.4, -0.2) is 36.4 Å². The minimum atomic E-state index is -0.333. The minimum absolute atomic E-state index is 0.0365. The summed E-state index contributed by atoms with van der Waals surface area (Å²) in [6, 6.07) is 0. The quantitative estimate of drug-likeness (QED) is 0.375. The second kappa shape index (κ2) is 7.76.